The lowest BCUT2D eigenvalue weighted by Gasteiger charge is -2.06. The third-order valence-corrected chi connectivity index (χ3v) is 4.10. The first-order valence-corrected chi connectivity index (χ1v) is 7.49. The molecular formula is C10H7Cl2N3O5S. The van der Waals surface area contributed by atoms with Crippen LogP contribution in [0.5, 0.6) is 0 Å². The monoisotopic (exact) mass is 351 g/mol. The Labute approximate surface area is 128 Å². The molecule has 11 heteroatoms. The van der Waals surface area contributed by atoms with E-state index in [0.717, 1.165) is 12.1 Å². The lowest BCUT2D eigenvalue weighted by atomic mass is 10.4. The van der Waals surface area contributed by atoms with E-state index >= 15 is 0 Å². The normalized spacial score (nSPS) is 11.4. The Bertz CT molecular complexity index is 798. The van der Waals surface area contributed by atoms with Crippen molar-refractivity contribution >= 4 is 45.0 Å². The Kier molecular flexibility index (Phi) is 4.08. The van der Waals surface area contributed by atoms with Crippen molar-refractivity contribution in [2.75, 3.05) is 4.72 Å². The average Bonchev–Trinajstić information content (AvgIpc) is 2.70. The van der Waals surface area contributed by atoms with E-state index in [1.165, 1.54) is 6.92 Å². The second-order valence-electron chi connectivity index (χ2n) is 3.79. The Balaban J connectivity index is 2.40. The van der Waals surface area contributed by atoms with Crippen molar-refractivity contribution < 1.29 is 22.7 Å². The fourth-order valence-electron chi connectivity index (χ4n) is 1.47. The number of furan rings is 1. The van der Waals surface area contributed by atoms with Crippen molar-refractivity contribution in [1.29, 1.82) is 0 Å². The molecule has 0 saturated carbocycles. The van der Waals surface area contributed by atoms with Gasteiger partial charge in [-0.25, -0.2) is 18.2 Å². The highest BCUT2D eigenvalue weighted by molar-refractivity contribution is 7.92. The van der Waals surface area contributed by atoms with Gasteiger partial charge >= 0.3 is 5.97 Å². The summed E-state index contributed by atoms with van der Waals surface area (Å²) >= 11 is 11.2. The predicted octanol–water partition coefficient (Wildman–Crippen LogP) is 2.18. The summed E-state index contributed by atoms with van der Waals surface area (Å²) in [5.74, 6) is -2.11. The van der Waals surface area contributed by atoms with Crippen LogP contribution in [0.15, 0.2) is 21.4 Å². The molecule has 8 nitrogen and oxygen atoms in total. The van der Waals surface area contributed by atoms with E-state index in [1.54, 1.807) is 0 Å². The Morgan fingerprint density at radius 1 is 1.33 bits per heavy atom. The van der Waals surface area contributed by atoms with Gasteiger partial charge in [0.15, 0.2) is 0 Å². The Morgan fingerprint density at radius 2 is 2.00 bits per heavy atom. The van der Waals surface area contributed by atoms with E-state index < -0.39 is 21.8 Å². The number of nitrogens with one attached hydrogen (secondary N) is 1. The lowest BCUT2D eigenvalue weighted by Crippen LogP contribution is -2.14. The molecule has 2 heterocycles. The number of aryl methyl sites for hydroxylation is 1. The SMILES string of the molecule is Cc1oc(C(=O)O)cc1S(=O)(=O)Nc1cc(Cl)nc(Cl)n1. The quantitative estimate of drug-likeness (QED) is 0.639. The van der Waals surface area contributed by atoms with Gasteiger partial charge in [-0.15, -0.1) is 0 Å². The first-order chi connectivity index (χ1) is 9.69. The molecule has 0 unspecified atom stereocenters. The molecule has 2 N–H and O–H groups in total. The summed E-state index contributed by atoms with van der Waals surface area (Å²) in [6.45, 7) is 1.32. The zero-order valence-corrected chi connectivity index (χ0v) is 12.6. The molecule has 0 radical (unpaired) electrons. The summed E-state index contributed by atoms with van der Waals surface area (Å²) in [4.78, 5) is 17.7. The van der Waals surface area contributed by atoms with Crippen molar-refractivity contribution in [3.63, 3.8) is 0 Å². The van der Waals surface area contributed by atoms with Crippen molar-refractivity contribution in [2.45, 2.75) is 11.8 Å². The third kappa shape index (κ3) is 3.43. The van der Waals surface area contributed by atoms with Crippen molar-refractivity contribution in [1.82, 2.24) is 9.97 Å². The zero-order valence-electron chi connectivity index (χ0n) is 10.3. The van der Waals surface area contributed by atoms with Crippen LogP contribution in [-0.2, 0) is 10.0 Å². The van der Waals surface area contributed by atoms with Crippen LogP contribution in [0.25, 0.3) is 0 Å². The molecular weight excluding hydrogens is 345 g/mol. The van der Waals surface area contributed by atoms with Gasteiger partial charge in [0.05, 0.1) is 0 Å². The summed E-state index contributed by atoms with van der Waals surface area (Å²) in [5, 5.41) is 8.49. The van der Waals surface area contributed by atoms with Gasteiger partial charge in [0.25, 0.3) is 10.0 Å². The molecule has 2 rings (SSSR count). The molecule has 0 amide bonds. The number of rotatable bonds is 4. The smallest absolute Gasteiger partial charge is 0.371 e. The number of sulfonamides is 1. The molecule has 0 bridgehead atoms. The molecule has 0 atom stereocenters. The maximum atomic E-state index is 12.2. The molecule has 0 spiro atoms. The molecule has 2 aromatic heterocycles. The van der Waals surface area contributed by atoms with Gasteiger partial charge in [-0.1, -0.05) is 11.6 Å². The highest BCUT2D eigenvalue weighted by atomic mass is 35.5. The van der Waals surface area contributed by atoms with Crippen LogP contribution in [0.3, 0.4) is 0 Å². The predicted molar refractivity (Wildman–Crippen MR) is 73.3 cm³/mol. The number of carboxylic acids is 1. The maximum Gasteiger partial charge on any atom is 0.371 e. The molecule has 0 saturated heterocycles. The van der Waals surface area contributed by atoms with Crippen LogP contribution in [0.4, 0.5) is 5.82 Å². The summed E-state index contributed by atoms with van der Waals surface area (Å²) < 4.78 is 31.3. The molecule has 0 aliphatic rings. The van der Waals surface area contributed by atoms with Crippen LogP contribution < -0.4 is 4.72 Å². The molecule has 0 aliphatic heterocycles. The summed E-state index contributed by atoms with van der Waals surface area (Å²) in [6, 6.07) is 2.04. The molecule has 21 heavy (non-hydrogen) atoms. The van der Waals surface area contributed by atoms with Gasteiger partial charge in [-0.05, 0) is 18.5 Å². The number of anilines is 1. The number of aromatic nitrogens is 2. The number of nitrogens with zero attached hydrogens (tertiary/aromatic N) is 2. The molecule has 112 valence electrons. The second kappa shape index (κ2) is 5.51. The van der Waals surface area contributed by atoms with Crippen LogP contribution in [-0.4, -0.2) is 29.5 Å². The highest BCUT2D eigenvalue weighted by Gasteiger charge is 2.24. The number of aromatic carboxylic acids is 1. The van der Waals surface area contributed by atoms with Gasteiger partial charge < -0.3 is 9.52 Å². The first-order valence-electron chi connectivity index (χ1n) is 5.25. The Morgan fingerprint density at radius 3 is 2.52 bits per heavy atom. The fourth-order valence-corrected chi connectivity index (χ4v) is 3.05. The van der Waals surface area contributed by atoms with Crippen molar-refractivity contribution in [2.24, 2.45) is 0 Å². The molecule has 0 fully saturated rings. The summed E-state index contributed by atoms with van der Waals surface area (Å²) in [6.07, 6.45) is 0. The van der Waals surface area contributed by atoms with Crippen LogP contribution in [0.2, 0.25) is 10.4 Å². The zero-order chi connectivity index (χ0) is 15.8. The van der Waals surface area contributed by atoms with Crippen LogP contribution >= 0.6 is 23.2 Å². The maximum absolute atomic E-state index is 12.2. The van der Waals surface area contributed by atoms with E-state index in [-0.39, 0.29) is 26.9 Å². The van der Waals surface area contributed by atoms with E-state index in [1.807, 2.05) is 0 Å². The van der Waals surface area contributed by atoms with Gasteiger partial charge in [0.2, 0.25) is 11.0 Å². The fraction of sp³-hybridized carbons (Fsp3) is 0.100. The summed E-state index contributed by atoms with van der Waals surface area (Å²) in [7, 11) is -4.10. The van der Waals surface area contributed by atoms with Gasteiger partial charge in [-0.2, -0.15) is 4.98 Å². The first kappa shape index (κ1) is 15.5. The van der Waals surface area contributed by atoms with Gasteiger partial charge in [-0.3, -0.25) is 4.72 Å². The van der Waals surface area contributed by atoms with Gasteiger partial charge in [0.1, 0.15) is 21.6 Å². The lowest BCUT2D eigenvalue weighted by molar-refractivity contribution is 0.0661. The largest absolute Gasteiger partial charge is 0.475 e. The standard InChI is InChI=1S/C10H7Cl2N3O5S/c1-4-6(2-5(20-4)9(16)17)21(18,19)15-8-3-7(11)13-10(12)14-8/h2-3H,1H3,(H,16,17)(H,13,14,15). The number of carbonyl (C=O) groups is 1. The van der Waals surface area contributed by atoms with Crippen LogP contribution in [0, 0.1) is 6.92 Å². The summed E-state index contributed by atoms with van der Waals surface area (Å²) in [5.41, 5.74) is 0. The number of halogens is 2. The minimum Gasteiger partial charge on any atom is -0.475 e. The minimum atomic E-state index is -4.10. The molecule has 0 aromatic carbocycles. The van der Waals surface area contributed by atoms with Gasteiger partial charge in [0, 0.05) is 12.1 Å². The van der Waals surface area contributed by atoms with E-state index in [2.05, 4.69) is 14.7 Å². The van der Waals surface area contributed by atoms with Crippen molar-refractivity contribution in [3.05, 3.63) is 34.1 Å². The van der Waals surface area contributed by atoms with E-state index in [9.17, 15) is 13.2 Å². The number of hydrogen-bond donors (Lipinski definition) is 2. The number of carboxylic acid groups (broad SMARTS) is 1. The second-order valence-corrected chi connectivity index (χ2v) is 6.16. The molecule has 0 aliphatic carbocycles. The van der Waals surface area contributed by atoms with Crippen LogP contribution in [0.1, 0.15) is 16.3 Å². The topological polar surface area (TPSA) is 122 Å². The minimum absolute atomic E-state index is 0.0529. The Hall–Kier alpha value is -1.84. The van der Waals surface area contributed by atoms with E-state index in [0.29, 0.717) is 0 Å². The highest BCUT2D eigenvalue weighted by Crippen LogP contribution is 2.23. The van der Waals surface area contributed by atoms with Crippen molar-refractivity contribution in [3.8, 4) is 0 Å². The number of hydrogen-bond acceptors (Lipinski definition) is 6. The van der Waals surface area contributed by atoms with E-state index in [4.69, 9.17) is 32.7 Å². The molecule has 2 aromatic rings. The third-order valence-electron chi connectivity index (χ3n) is 2.28. The average molecular weight is 352 g/mol.